The minimum absolute atomic E-state index is 0.113. The van der Waals surface area contributed by atoms with E-state index in [1.54, 1.807) is 31.7 Å². The molecule has 0 atom stereocenters. The number of hydrogen-bond donors (Lipinski definition) is 1. The molecule has 29 heavy (non-hydrogen) atoms. The van der Waals surface area contributed by atoms with E-state index in [1.165, 1.54) is 0 Å². The van der Waals surface area contributed by atoms with Crippen molar-refractivity contribution in [3.8, 4) is 17.2 Å². The Labute approximate surface area is 168 Å². The molecular weight excluding hydrogens is 368 g/mol. The molecule has 3 heterocycles. The third kappa shape index (κ3) is 3.71. The topological polar surface area (TPSA) is 82.2 Å². The summed E-state index contributed by atoms with van der Waals surface area (Å²) in [5.41, 5.74) is 2.75. The van der Waals surface area contributed by atoms with Crippen LogP contribution in [0.15, 0.2) is 59.3 Å². The number of aromatic nitrogens is 3. The van der Waals surface area contributed by atoms with Crippen molar-refractivity contribution in [2.45, 2.75) is 26.4 Å². The predicted octanol–water partition coefficient (Wildman–Crippen LogP) is 4.21. The highest BCUT2D eigenvalue weighted by atomic mass is 16.5. The minimum Gasteiger partial charge on any atom is -0.497 e. The molecule has 0 spiro atoms. The van der Waals surface area contributed by atoms with E-state index >= 15 is 0 Å². The van der Waals surface area contributed by atoms with Gasteiger partial charge in [-0.05, 0) is 49.7 Å². The van der Waals surface area contributed by atoms with Gasteiger partial charge < -0.3 is 14.5 Å². The van der Waals surface area contributed by atoms with Gasteiger partial charge in [-0.15, -0.1) is 0 Å². The van der Waals surface area contributed by atoms with Crippen molar-refractivity contribution in [1.29, 1.82) is 0 Å². The van der Waals surface area contributed by atoms with E-state index < -0.39 is 0 Å². The van der Waals surface area contributed by atoms with Crippen LogP contribution >= 0.6 is 0 Å². The van der Waals surface area contributed by atoms with E-state index in [4.69, 9.17) is 14.1 Å². The summed E-state index contributed by atoms with van der Waals surface area (Å²) in [4.78, 5) is 17.7. The standard InChI is InChI=1S/C22H22N4O3/c1-14(2)26-21-18(13-24-26)17(11-19(25-21)20-5-4-10-29-20)22(27)23-12-15-6-8-16(28-3)9-7-15/h4-11,13-14H,12H2,1-3H3,(H,23,27). The van der Waals surface area contributed by atoms with Crippen LogP contribution in [0.1, 0.15) is 35.8 Å². The number of furan rings is 1. The summed E-state index contributed by atoms with van der Waals surface area (Å²) in [5, 5.41) is 8.12. The largest absolute Gasteiger partial charge is 0.497 e. The van der Waals surface area contributed by atoms with E-state index in [-0.39, 0.29) is 11.9 Å². The van der Waals surface area contributed by atoms with Gasteiger partial charge in [0, 0.05) is 12.6 Å². The molecule has 0 aliphatic heterocycles. The highest BCUT2D eigenvalue weighted by molar-refractivity contribution is 6.06. The molecule has 0 saturated heterocycles. The first-order valence-corrected chi connectivity index (χ1v) is 9.40. The number of pyridine rings is 1. The van der Waals surface area contributed by atoms with Gasteiger partial charge in [0.25, 0.3) is 5.91 Å². The number of benzene rings is 1. The lowest BCUT2D eigenvalue weighted by atomic mass is 10.1. The van der Waals surface area contributed by atoms with Gasteiger partial charge in [-0.2, -0.15) is 5.10 Å². The van der Waals surface area contributed by atoms with E-state index in [9.17, 15) is 4.79 Å². The molecule has 4 rings (SSSR count). The van der Waals surface area contributed by atoms with Crippen molar-refractivity contribution in [3.63, 3.8) is 0 Å². The molecule has 7 heteroatoms. The van der Waals surface area contributed by atoms with Gasteiger partial charge in [0.1, 0.15) is 11.4 Å². The molecule has 3 aromatic heterocycles. The highest BCUT2D eigenvalue weighted by Gasteiger charge is 2.19. The van der Waals surface area contributed by atoms with Crippen LogP contribution in [0.5, 0.6) is 5.75 Å². The van der Waals surface area contributed by atoms with E-state index in [2.05, 4.69) is 10.4 Å². The Balaban J connectivity index is 1.68. The van der Waals surface area contributed by atoms with Gasteiger partial charge in [-0.25, -0.2) is 9.67 Å². The van der Waals surface area contributed by atoms with Crippen LogP contribution in [0.3, 0.4) is 0 Å². The summed E-state index contributed by atoms with van der Waals surface area (Å²) in [5.74, 6) is 1.19. The van der Waals surface area contributed by atoms with Crippen LogP contribution in [-0.4, -0.2) is 27.8 Å². The van der Waals surface area contributed by atoms with E-state index in [0.29, 0.717) is 34.6 Å². The molecular formula is C22H22N4O3. The summed E-state index contributed by atoms with van der Waals surface area (Å²) in [6.07, 6.45) is 3.28. The van der Waals surface area contributed by atoms with Crippen molar-refractivity contribution in [2.24, 2.45) is 0 Å². The fourth-order valence-corrected chi connectivity index (χ4v) is 3.16. The number of methoxy groups -OCH3 is 1. The molecule has 4 aromatic rings. The van der Waals surface area contributed by atoms with Crippen LogP contribution in [0, 0.1) is 0 Å². The first-order valence-electron chi connectivity index (χ1n) is 9.40. The Morgan fingerprint density at radius 2 is 2.03 bits per heavy atom. The fraction of sp³-hybridized carbons (Fsp3) is 0.227. The first kappa shape index (κ1) is 18.7. The number of nitrogens with one attached hydrogen (secondary N) is 1. The minimum atomic E-state index is -0.190. The van der Waals surface area contributed by atoms with Crippen molar-refractivity contribution in [1.82, 2.24) is 20.1 Å². The summed E-state index contributed by atoms with van der Waals surface area (Å²) in [6.45, 7) is 4.45. The molecule has 1 N–H and O–H groups in total. The Morgan fingerprint density at radius 1 is 1.24 bits per heavy atom. The summed E-state index contributed by atoms with van der Waals surface area (Å²) in [6, 6.07) is 13.1. The molecule has 0 unspecified atom stereocenters. The second-order valence-corrected chi connectivity index (χ2v) is 6.98. The molecule has 0 radical (unpaired) electrons. The summed E-state index contributed by atoms with van der Waals surface area (Å²) >= 11 is 0. The molecule has 0 aliphatic carbocycles. The van der Waals surface area contributed by atoms with Crippen LogP contribution in [0.2, 0.25) is 0 Å². The predicted molar refractivity (Wildman–Crippen MR) is 110 cm³/mol. The molecule has 0 saturated carbocycles. The SMILES string of the molecule is COc1ccc(CNC(=O)c2cc(-c3ccco3)nc3c2cnn3C(C)C)cc1. The van der Waals surface area contributed by atoms with E-state index in [1.807, 2.05) is 48.9 Å². The highest BCUT2D eigenvalue weighted by Crippen LogP contribution is 2.26. The molecule has 148 valence electrons. The number of fused-ring (bicyclic) bond motifs is 1. The van der Waals surface area contributed by atoms with Crippen molar-refractivity contribution >= 4 is 16.9 Å². The Morgan fingerprint density at radius 3 is 2.69 bits per heavy atom. The molecule has 7 nitrogen and oxygen atoms in total. The average Bonchev–Trinajstić information content (AvgIpc) is 3.41. The number of ether oxygens (including phenoxy) is 1. The van der Waals surface area contributed by atoms with E-state index in [0.717, 1.165) is 11.3 Å². The second kappa shape index (κ2) is 7.79. The van der Waals surface area contributed by atoms with Crippen molar-refractivity contribution < 1.29 is 13.9 Å². The third-order valence-electron chi connectivity index (χ3n) is 4.69. The van der Waals surface area contributed by atoms with Crippen LogP contribution in [-0.2, 0) is 6.54 Å². The van der Waals surface area contributed by atoms with Gasteiger partial charge in [0.05, 0.1) is 30.5 Å². The molecule has 0 aliphatic rings. The molecule has 1 amide bonds. The lowest BCUT2D eigenvalue weighted by molar-refractivity contribution is 0.0952. The maximum absolute atomic E-state index is 13.0. The fourth-order valence-electron chi connectivity index (χ4n) is 3.16. The zero-order chi connectivity index (χ0) is 20.4. The molecule has 1 aromatic carbocycles. The number of hydrogen-bond acceptors (Lipinski definition) is 5. The van der Waals surface area contributed by atoms with Gasteiger partial charge in [0.2, 0.25) is 0 Å². The zero-order valence-corrected chi connectivity index (χ0v) is 16.5. The van der Waals surface area contributed by atoms with Crippen LogP contribution in [0.4, 0.5) is 0 Å². The quantitative estimate of drug-likeness (QED) is 0.533. The normalized spacial score (nSPS) is 11.2. The maximum atomic E-state index is 13.0. The number of nitrogens with zero attached hydrogens (tertiary/aromatic N) is 3. The number of amides is 1. The number of carbonyl (C=O) groups is 1. The summed E-state index contributed by atoms with van der Waals surface area (Å²) < 4.78 is 12.5. The van der Waals surface area contributed by atoms with Crippen molar-refractivity contribution in [3.05, 3.63) is 66.1 Å². The Bertz CT molecular complexity index is 1130. The average molecular weight is 390 g/mol. The zero-order valence-electron chi connectivity index (χ0n) is 16.5. The second-order valence-electron chi connectivity index (χ2n) is 6.98. The van der Waals surface area contributed by atoms with Crippen LogP contribution in [0.25, 0.3) is 22.5 Å². The first-order chi connectivity index (χ1) is 14.1. The smallest absolute Gasteiger partial charge is 0.252 e. The number of rotatable bonds is 6. The van der Waals surface area contributed by atoms with Gasteiger partial charge in [0.15, 0.2) is 11.4 Å². The van der Waals surface area contributed by atoms with Crippen molar-refractivity contribution in [2.75, 3.05) is 7.11 Å². The lowest BCUT2D eigenvalue weighted by Gasteiger charge is -2.10. The summed E-state index contributed by atoms with van der Waals surface area (Å²) in [7, 11) is 1.62. The van der Waals surface area contributed by atoms with Gasteiger partial charge in [-0.1, -0.05) is 12.1 Å². The van der Waals surface area contributed by atoms with Gasteiger partial charge >= 0.3 is 0 Å². The van der Waals surface area contributed by atoms with Gasteiger partial charge in [-0.3, -0.25) is 4.79 Å². The maximum Gasteiger partial charge on any atom is 0.252 e. The monoisotopic (exact) mass is 390 g/mol. The molecule has 0 fully saturated rings. The Kier molecular flexibility index (Phi) is 5.03. The molecule has 0 bridgehead atoms. The Hall–Kier alpha value is -3.61. The van der Waals surface area contributed by atoms with Crippen LogP contribution < -0.4 is 10.1 Å². The third-order valence-corrected chi connectivity index (χ3v) is 4.69. The number of carbonyl (C=O) groups excluding carboxylic acids is 1. The lowest BCUT2D eigenvalue weighted by Crippen LogP contribution is -2.23.